The maximum atomic E-state index is 9.55. The molecule has 58 heteroatoms. The first kappa shape index (κ1) is 127. The fraction of sp³-hybridized carbons (Fsp3) is 0.533. The number of carbonyl (C=O) groups is 14. The molecule has 0 aromatic heterocycles. The maximum Gasteiger partial charge on any atom is 0.326 e. The van der Waals surface area contributed by atoms with E-state index in [1.165, 1.54) is 0 Å². The van der Waals surface area contributed by atoms with Gasteiger partial charge in [0.2, 0.25) is 0 Å². The second-order valence-corrected chi connectivity index (χ2v) is 30.6. The summed E-state index contributed by atoms with van der Waals surface area (Å²) in [6, 6.07) is 0. The summed E-state index contributed by atoms with van der Waals surface area (Å²) < 4.78 is -11.8. The van der Waals surface area contributed by atoms with E-state index >= 15 is 0 Å². The van der Waals surface area contributed by atoms with E-state index in [1.54, 1.807) is 0 Å². The minimum absolute atomic E-state index is 0.125. The Morgan fingerprint density at radius 2 is 0.170 bits per heavy atom. The predicted octanol–water partition coefficient (Wildman–Crippen LogP) is 2.56. The molecule has 0 fully saturated rings. The summed E-state index contributed by atoms with van der Waals surface area (Å²) in [4.78, 5) is 134. The van der Waals surface area contributed by atoms with Crippen molar-refractivity contribution in [3.05, 3.63) is 0 Å². The fourth-order valence-corrected chi connectivity index (χ4v) is 0. The highest BCUT2D eigenvalue weighted by Crippen LogP contribution is 2.03. The Morgan fingerprint density at radius 3 is 0.170 bits per heavy atom. The summed E-state index contributed by atoms with van der Waals surface area (Å²) in [7, 11) is 0. The molecular formula is C30H62O30S28. The van der Waals surface area contributed by atoms with Gasteiger partial charge in [0.15, 0.2) is 0 Å². The smallest absolute Gasteiger partial charge is 0.326 e. The minimum atomic E-state index is -1.01. The molecule has 88 heavy (non-hydrogen) atoms. The topological polar surface area (TPSA) is 563 Å². The monoisotopic (exact) mass is 1800 g/mol. The molecule has 0 radical (unpaired) electrons. The van der Waals surface area contributed by atoms with Crippen molar-refractivity contribution < 1.29 is 149 Å². The molecule has 0 unspecified atom stereocenters. The zero-order chi connectivity index (χ0) is 75.6. The average molecular weight is 1800 g/mol. The zero-order valence-corrected chi connectivity index (χ0v) is 66.9. The van der Waals surface area contributed by atoms with E-state index in [-0.39, 0.29) is 13.2 Å². The van der Waals surface area contributed by atoms with Crippen molar-refractivity contribution in [2.45, 2.75) is 64.1 Å². The molecule has 0 heterocycles. The van der Waals surface area contributed by atoms with Gasteiger partial charge in [-0.05, 0) is 0 Å². The summed E-state index contributed by atoms with van der Waals surface area (Å²) in [6.45, 7) is -0.250. The number of carboxylic acid groups (broad SMARTS) is 14. The molecule has 0 aromatic rings. The van der Waals surface area contributed by atoms with Crippen molar-refractivity contribution in [3.8, 4) is 0 Å². The normalized spacial score (nSPS) is 9.09. The number of thiol groups is 28. The Morgan fingerprint density at radius 1 is 0.148 bits per heavy atom. The second kappa shape index (κ2) is 89.3. The van der Waals surface area contributed by atoms with E-state index in [2.05, 4.69) is 354 Å². The third-order valence-electron chi connectivity index (χ3n) is 3.19. The van der Waals surface area contributed by atoms with Gasteiger partial charge in [-0.25, -0.2) is 0 Å². The van der Waals surface area contributed by atoms with E-state index in [9.17, 15) is 67.1 Å². The molecule has 0 aliphatic carbocycles. The second-order valence-electron chi connectivity index (χ2n) is 10.4. The SMILES string of the molecule is O=C(O)C(S)S.O=C(O)C(S)S.O=C(O)C(S)S.O=C(O)C(S)S.O=C(O)C(S)S.O=C(O)C(S)S.O=C(O)C(S)S.O=C(O)C(S)S.O=C(O)C(S)S.O=C(O)C(S)S.O=C(O)C(S)S.O=C(O)C(S)S.O=C(O)C(S)S.O=C(O)C(S)S.OCCO. The van der Waals surface area contributed by atoms with Crippen molar-refractivity contribution in [3.63, 3.8) is 0 Å². The van der Waals surface area contributed by atoms with Gasteiger partial charge in [0.1, 0.15) is 64.1 Å². The summed E-state index contributed by atoms with van der Waals surface area (Å²) in [5.74, 6) is -14.2. The van der Waals surface area contributed by atoms with Crippen molar-refractivity contribution >= 4 is 437 Å². The average Bonchev–Trinajstić information content (AvgIpc) is 3.36. The highest BCUT2D eigenvalue weighted by molar-refractivity contribution is 8.04. The van der Waals surface area contributed by atoms with Gasteiger partial charge < -0.3 is 81.7 Å². The third-order valence-corrected chi connectivity index (χ3v) is 9.38. The van der Waals surface area contributed by atoms with Crippen LogP contribution >= 0.6 is 354 Å². The minimum Gasteiger partial charge on any atom is -0.480 e. The van der Waals surface area contributed by atoms with Crippen LogP contribution in [0.25, 0.3) is 0 Å². The Hall–Kier alpha value is 2.30. The molecule has 0 amide bonds. The van der Waals surface area contributed by atoms with Crippen LogP contribution in [-0.2, 0) is 67.1 Å². The first-order valence-electron chi connectivity index (χ1n) is 18.4. The van der Waals surface area contributed by atoms with Crippen LogP contribution in [0.1, 0.15) is 0 Å². The highest BCUT2D eigenvalue weighted by atomic mass is 32.2. The first-order valence-corrected chi connectivity index (χ1v) is 32.9. The lowest BCUT2D eigenvalue weighted by molar-refractivity contribution is -0.135. The first-order chi connectivity index (χ1) is 38.9. The summed E-state index contributed by atoms with van der Waals surface area (Å²) >= 11 is 96.8. The molecule has 0 aliphatic rings. The van der Waals surface area contributed by atoms with E-state index < -0.39 is 148 Å². The predicted molar refractivity (Wildman–Crippen MR) is 426 cm³/mol. The Labute approximate surface area is 655 Å². The lowest BCUT2D eigenvalue weighted by Gasteiger charge is -1.87. The van der Waals surface area contributed by atoms with Crippen LogP contribution in [0.5, 0.6) is 0 Å². The van der Waals surface area contributed by atoms with Gasteiger partial charge >= 0.3 is 83.6 Å². The zero-order valence-electron chi connectivity index (χ0n) is 41.9. The Bertz CT molecular complexity index is 1370. The molecule has 0 aliphatic heterocycles. The van der Waals surface area contributed by atoms with Crippen molar-refractivity contribution in [1.82, 2.24) is 0 Å². The molecule has 16 N–H and O–H groups in total. The van der Waals surface area contributed by atoms with Crippen LogP contribution in [0.4, 0.5) is 0 Å². The van der Waals surface area contributed by atoms with Gasteiger partial charge in [0.25, 0.3) is 0 Å². The summed E-state index contributed by atoms with van der Waals surface area (Å²) in [6.07, 6.45) is 0. The van der Waals surface area contributed by atoms with Gasteiger partial charge in [-0.2, -0.15) is 354 Å². The Balaban J connectivity index is -0.0000000499. The number of aliphatic hydroxyl groups excluding tert-OH is 2. The molecule has 30 nitrogen and oxygen atoms in total. The number of aliphatic hydroxyl groups is 2. The van der Waals surface area contributed by atoms with Crippen molar-refractivity contribution in [1.29, 1.82) is 0 Å². The van der Waals surface area contributed by atoms with Crippen LogP contribution < -0.4 is 0 Å². The van der Waals surface area contributed by atoms with Crippen molar-refractivity contribution in [2.75, 3.05) is 13.2 Å². The highest BCUT2D eigenvalue weighted by Gasteiger charge is 2.08. The largest absolute Gasteiger partial charge is 0.480 e. The van der Waals surface area contributed by atoms with Crippen LogP contribution in [0, 0.1) is 0 Å². The number of rotatable bonds is 15. The fourth-order valence-electron chi connectivity index (χ4n) is 0. The molecular weight excluding hydrogens is 1740 g/mol. The number of hydrogen-bond donors (Lipinski definition) is 44. The van der Waals surface area contributed by atoms with Crippen LogP contribution in [0.3, 0.4) is 0 Å². The van der Waals surface area contributed by atoms with Gasteiger partial charge in [0.05, 0.1) is 13.2 Å². The standard InChI is InChI=1S/14C2H4O2S2.C2H6O2/c14*3-1(4)2(5)6;3-1-2-4/h14*2,5-6H,(H,3,4);3-4H,1-2H2. The Kier molecular flexibility index (Phi) is 129. The molecule has 0 bridgehead atoms. The maximum absolute atomic E-state index is 9.55. The van der Waals surface area contributed by atoms with E-state index in [0.29, 0.717) is 0 Å². The van der Waals surface area contributed by atoms with E-state index in [0.717, 1.165) is 0 Å². The van der Waals surface area contributed by atoms with E-state index in [1.807, 2.05) is 0 Å². The molecule has 0 atom stereocenters. The molecule has 0 aromatic carbocycles. The molecule has 0 saturated carbocycles. The van der Waals surface area contributed by atoms with E-state index in [4.69, 9.17) is 81.7 Å². The number of hydrogen-bond acceptors (Lipinski definition) is 44. The van der Waals surface area contributed by atoms with Crippen LogP contribution in [-0.4, -0.2) is 243 Å². The molecule has 0 spiro atoms. The molecule has 530 valence electrons. The number of carboxylic acids is 14. The third kappa shape index (κ3) is 191. The lowest BCUT2D eigenvalue weighted by atomic mass is 10.8. The number of aliphatic carboxylic acids is 14. The van der Waals surface area contributed by atoms with Crippen molar-refractivity contribution in [2.24, 2.45) is 0 Å². The van der Waals surface area contributed by atoms with Gasteiger partial charge in [0, 0.05) is 0 Å². The molecule has 0 saturated heterocycles. The summed E-state index contributed by atoms with van der Waals surface area (Å²) in [5, 5.41) is 125. The quantitative estimate of drug-likeness (QED) is 0.0827. The summed E-state index contributed by atoms with van der Waals surface area (Å²) in [5.41, 5.74) is 0. The van der Waals surface area contributed by atoms with Gasteiger partial charge in [-0.1, -0.05) is 0 Å². The van der Waals surface area contributed by atoms with Gasteiger partial charge in [-0.15, -0.1) is 0 Å². The van der Waals surface area contributed by atoms with Crippen LogP contribution in [0.2, 0.25) is 0 Å². The molecule has 0 rings (SSSR count). The van der Waals surface area contributed by atoms with Crippen LogP contribution in [0.15, 0.2) is 0 Å². The van der Waals surface area contributed by atoms with Gasteiger partial charge in [-0.3, -0.25) is 67.1 Å². The lowest BCUT2D eigenvalue weighted by Crippen LogP contribution is -2.04.